The quantitative estimate of drug-likeness (QED) is 0.762. The van der Waals surface area contributed by atoms with Crippen molar-refractivity contribution in [3.05, 3.63) is 59.2 Å². The molecule has 1 nitrogen and oxygen atoms in total. The number of hydrogen-bond donors (Lipinski definition) is 0. The molecular weight excluding hydrogens is 230 g/mol. The number of hydrogen-bond acceptors (Lipinski definition) is 1. The van der Waals surface area contributed by atoms with Gasteiger partial charge in [0, 0.05) is 16.9 Å². The van der Waals surface area contributed by atoms with Gasteiger partial charge < -0.3 is 0 Å². The van der Waals surface area contributed by atoms with Gasteiger partial charge in [-0.3, -0.25) is 0 Å². The first kappa shape index (κ1) is 12.0. The second-order valence-electron chi connectivity index (χ2n) is 4.41. The lowest BCUT2D eigenvalue weighted by molar-refractivity contribution is 0.425. The van der Waals surface area contributed by atoms with E-state index in [0.717, 1.165) is 10.6 Å². The summed E-state index contributed by atoms with van der Waals surface area (Å²) in [6.07, 6.45) is 8.81. The van der Waals surface area contributed by atoms with Crippen molar-refractivity contribution in [3.63, 3.8) is 0 Å². The van der Waals surface area contributed by atoms with Crippen molar-refractivity contribution in [2.45, 2.75) is 18.8 Å². The molecule has 0 N–H and O–H groups in total. The van der Waals surface area contributed by atoms with Crippen LogP contribution in [0.2, 0.25) is 5.02 Å². The molecule has 17 heavy (non-hydrogen) atoms. The van der Waals surface area contributed by atoms with E-state index >= 15 is 0 Å². The molecule has 0 aliphatic heterocycles. The fourth-order valence-electron chi connectivity index (χ4n) is 2.35. The molecule has 2 atom stereocenters. The van der Waals surface area contributed by atoms with Gasteiger partial charge in [-0.15, -0.1) is 0 Å². The molecule has 0 amide bonds. The van der Waals surface area contributed by atoms with Crippen molar-refractivity contribution < 1.29 is 0 Å². The second-order valence-corrected chi connectivity index (χ2v) is 4.85. The topological polar surface area (TPSA) is 23.8 Å². The molecule has 1 aromatic rings. The van der Waals surface area contributed by atoms with Crippen LogP contribution in [0.4, 0.5) is 0 Å². The van der Waals surface area contributed by atoms with Gasteiger partial charge in [-0.2, -0.15) is 5.26 Å². The Hall–Kier alpha value is -1.52. The van der Waals surface area contributed by atoms with Crippen LogP contribution in [0.25, 0.3) is 0 Å². The summed E-state index contributed by atoms with van der Waals surface area (Å²) >= 11 is 5.91. The van der Waals surface area contributed by atoms with Crippen molar-refractivity contribution in [1.29, 1.82) is 5.26 Å². The van der Waals surface area contributed by atoms with Crippen molar-refractivity contribution in [2.75, 3.05) is 0 Å². The number of allylic oxidation sites excluding steroid dienone is 4. The molecule has 0 spiro atoms. The monoisotopic (exact) mass is 243 g/mol. The molecule has 0 fully saturated rings. The largest absolute Gasteiger partial charge is 0.198 e. The molecule has 0 aromatic heterocycles. The Morgan fingerprint density at radius 1 is 1.29 bits per heavy atom. The molecule has 1 aliphatic carbocycles. The van der Waals surface area contributed by atoms with Crippen molar-refractivity contribution >= 4 is 11.6 Å². The van der Waals surface area contributed by atoms with Gasteiger partial charge in [-0.1, -0.05) is 55.0 Å². The molecular formula is C15H14ClN. The second kappa shape index (κ2) is 4.77. The van der Waals surface area contributed by atoms with Crippen LogP contribution in [0.1, 0.15) is 18.9 Å². The molecule has 2 heteroatoms. The van der Waals surface area contributed by atoms with Crippen LogP contribution >= 0.6 is 11.6 Å². The molecule has 1 aromatic carbocycles. The van der Waals surface area contributed by atoms with Crippen LogP contribution in [-0.2, 0) is 5.41 Å². The molecule has 0 radical (unpaired) electrons. The van der Waals surface area contributed by atoms with Crippen molar-refractivity contribution in [2.24, 2.45) is 5.92 Å². The van der Waals surface area contributed by atoms with Crippen LogP contribution in [0, 0.1) is 17.2 Å². The minimum atomic E-state index is -0.214. The number of rotatable bonds is 2. The average molecular weight is 244 g/mol. The molecule has 0 heterocycles. The summed E-state index contributed by atoms with van der Waals surface area (Å²) in [5.41, 5.74) is 0.935. The number of benzene rings is 1. The predicted octanol–water partition coefficient (Wildman–Crippen LogP) is 4.25. The molecule has 2 rings (SSSR count). The lowest BCUT2D eigenvalue weighted by Crippen LogP contribution is -2.31. The van der Waals surface area contributed by atoms with Crippen LogP contribution in [0.3, 0.4) is 0 Å². The highest BCUT2D eigenvalue weighted by Gasteiger charge is 2.35. The van der Waals surface area contributed by atoms with Crippen LogP contribution < -0.4 is 0 Å². The summed E-state index contributed by atoms with van der Waals surface area (Å²) in [5, 5.41) is 9.81. The number of nitriles is 1. The predicted molar refractivity (Wildman–Crippen MR) is 70.8 cm³/mol. The van der Waals surface area contributed by atoms with E-state index in [1.54, 1.807) is 0 Å². The maximum absolute atomic E-state index is 9.08. The third-order valence-electron chi connectivity index (χ3n) is 3.47. The minimum Gasteiger partial charge on any atom is -0.198 e. The van der Waals surface area contributed by atoms with E-state index in [-0.39, 0.29) is 5.41 Å². The molecule has 0 saturated heterocycles. The van der Waals surface area contributed by atoms with E-state index in [1.807, 2.05) is 36.4 Å². The van der Waals surface area contributed by atoms with E-state index in [4.69, 9.17) is 16.9 Å². The highest BCUT2D eigenvalue weighted by Crippen LogP contribution is 2.40. The number of nitrogens with zero attached hydrogens (tertiary/aromatic N) is 1. The lowest BCUT2D eigenvalue weighted by Gasteiger charge is -2.35. The molecule has 2 unspecified atom stereocenters. The van der Waals surface area contributed by atoms with Gasteiger partial charge in [0.25, 0.3) is 0 Å². The Morgan fingerprint density at radius 3 is 2.59 bits per heavy atom. The highest BCUT2D eigenvalue weighted by atomic mass is 35.5. The van der Waals surface area contributed by atoms with E-state index in [0.29, 0.717) is 12.3 Å². The maximum atomic E-state index is 9.08. The molecule has 0 saturated carbocycles. The molecule has 1 aliphatic rings. The van der Waals surface area contributed by atoms with Crippen LogP contribution in [0.15, 0.2) is 48.6 Å². The molecule has 86 valence electrons. The van der Waals surface area contributed by atoms with Crippen molar-refractivity contribution in [1.82, 2.24) is 0 Å². The van der Waals surface area contributed by atoms with Crippen LogP contribution in [-0.4, -0.2) is 0 Å². The SMILES string of the molecule is CC1C=CC=CC1(CC#N)c1ccc(Cl)cc1. The molecule has 0 bridgehead atoms. The summed E-state index contributed by atoms with van der Waals surface area (Å²) in [4.78, 5) is 0. The van der Waals surface area contributed by atoms with Gasteiger partial charge in [0.1, 0.15) is 0 Å². The summed E-state index contributed by atoms with van der Waals surface area (Å²) < 4.78 is 0. The number of halogens is 1. The zero-order valence-corrected chi connectivity index (χ0v) is 10.5. The zero-order chi connectivity index (χ0) is 12.3. The fraction of sp³-hybridized carbons (Fsp3) is 0.267. The van der Waals surface area contributed by atoms with Gasteiger partial charge in [0.2, 0.25) is 0 Å². The van der Waals surface area contributed by atoms with Gasteiger partial charge in [0.15, 0.2) is 0 Å². The first-order valence-electron chi connectivity index (χ1n) is 5.68. The Labute approximate surface area is 107 Å². The maximum Gasteiger partial charge on any atom is 0.0634 e. The Bertz CT molecular complexity index is 493. The van der Waals surface area contributed by atoms with Gasteiger partial charge >= 0.3 is 0 Å². The summed E-state index contributed by atoms with van der Waals surface area (Å²) in [5.74, 6) is 0.313. The third-order valence-corrected chi connectivity index (χ3v) is 3.72. The first-order chi connectivity index (χ1) is 8.19. The van der Waals surface area contributed by atoms with E-state index in [1.165, 1.54) is 0 Å². The summed E-state index contributed by atoms with van der Waals surface area (Å²) in [6.45, 7) is 2.14. The van der Waals surface area contributed by atoms with Gasteiger partial charge in [0.05, 0.1) is 6.07 Å². The van der Waals surface area contributed by atoms with Gasteiger partial charge in [-0.05, 0) is 23.6 Å². The van der Waals surface area contributed by atoms with Gasteiger partial charge in [-0.25, -0.2) is 0 Å². The first-order valence-corrected chi connectivity index (χ1v) is 6.06. The van der Waals surface area contributed by atoms with Crippen LogP contribution in [0.5, 0.6) is 0 Å². The standard InChI is InChI=1S/C15H14ClN/c1-12-4-2-3-9-15(12,10-11-17)13-5-7-14(16)8-6-13/h2-9,12H,10H2,1H3. The average Bonchev–Trinajstić information content (AvgIpc) is 2.33. The Balaban J connectivity index is 2.48. The fourth-order valence-corrected chi connectivity index (χ4v) is 2.48. The summed E-state index contributed by atoms with van der Waals surface area (Å²) in [7, 11) is 0. The lowest BCUT2D eigenvalue weighted by atomic mass is 9.67. The Kier molecular flexibility index (Phi) is 3.36. The summed E-state index contributed by atoms with van der Waals surface area (Å²) in [6, 6.07) is 10.1. The third kappa shape index (κ3) is 2.14. The van der Waals surface area contributed by atoms with E-state index < -0.39 is 0 Å². The van der Waals surface area contributed by atoms with E-state index in [2.05, 4.69) is 25.1 Å². The zero-order valence-electron chi connectivity index (χ0n) is 9.73. The van der Waals surface area contributed by atoms with E-state index in [9.17, 15) is 0 Å². The Morgan fingerprint density at radius 2 is 2.00 bits per heavy atom. The smallest absolute Gasteiger partial charge is 0.0634 e. The highest BCUT2D eigenvalue weighted by molar-refractivity contribution is 6.30. The minimum absolute atomic E-state index is 0.214. The normalized spacial score (nSPS) is 26.8. The van der Waals surface area contributed by atoms with Crippen molar-refractivity contribution in [3.8, 4) is 6.07 Å².